The van der Waals surface area contributed by atoms with Crippen molar-refractivity contribution < 1.29 is 24.1 Å². The zero-order chi connectivity index (χ0) is 15.9. The number of epoxide rings is 1. The van der Waals surface area contributed by atoms with Crippen LogP contribution in [-0.4, -0.2) is 51.5 Å². The first-order valence-corrected chi connectivity index (χ1v) is 9.08. The Labute approximate surface area is 137 Å². The van der Waals surface area contributed by atoms with Gasteiger partial charge in [0.15, 0.2) is 0 Å². The van der Waals surface area contributed by atoms with Crippen LogP contribution in [-0.2, 0) is 19.0 Å². The lowest BCUT2D eigenvalue weighted by atomic mass is 9.47. The van der Waals surface area contributed by atoms with Crippen LogP contribution in [0.25, 0.3) is 0 Å². The maximum Gasteiger partial charge on any atom is 0.342 e. The van der Waals surface area contributed by atoms with E-state index in [9.17, 15) is 9.90 Å². The molecule has 2 aliphatic carbocycles. The van der Waals surface area contributed by atoms with Crippen molar-refractivity contribution in [3.8, 4) is 0 Å². The van der Waals surface area contributed by atoms with E-state index in [4.69, 9.17) is 14.2 Å². The topological polar surface area (TPSA) is 68.3 Å². The molecule has 3 saturated heterocycles. The predicted octanol–water partition coefficient (Wildman–Crippen LogP) is 1.40. The molecule has 0 aromatic carbocycles. The fourth-order valence-corrected chi connectivity index (χ4v) is 7.39. The Morgan fingerprint density at radius 3 is 2.64 bits per heavy atom. The first kappa shape index (κ1) is 14.2. The predicted molar refractivity (Wildman–Crippen MR) is 79.5 cm³/mol. The molecule has 1 N–H and O–H groups in total. The maximum absolute atomic E-state index is 12.5. The highest BCUT2D eigenvalue weighted by molar-refractivity contribution is 9.09. The Bertz CT molecular complexity index is 622. The quantitative estimate of drug-likeness (QED) is 0.428. The number of rotatable bonds is 1. The molecule has 6 heteroatoms. The molecule has 3 heterocycles. The summed E-state index contributed by atoms with van der Waals surface area (Å²) in [5.74, 6) is -0.411. The fourth-order valence-electron chi connectivity index (χ4n) is 6.93. The summed E-state index contributed by atoms with van der Waals surface area (Å²) in [5.41, 5.74) is -2.80. The van der Waals surface area contributed by atoms with Gasteiger partial charge in [0.1, 0.15) is 12.2 Å². The van der Waals surface area contributed by atoms with Crippen molar-refractivity contribution >= 4 is 21.9 Å². The Kier molecular flexibility index (Phi) is 2.13. The standard InChI is InChI=1S/C16H21BrO5/c1-12(2)9-8(18)10-14(4)15(12,22-13(9,3)6-17)5-7-16(14,21-7)11(19)20-10/h7-10,18H,5-6H2,1-4H3/t7-,8?,9?,10?,13-,14?,15?,16+/m1/s1. The molecular weight excluding hydrogens is 352 g/mol. The maximum atomic E-state index is 12.5. The molecule has 0 amide bonds. The van der Waals surface area contributed by atoms with Gasteiger partial charge in [-0.3, -0.25) is 0 Å². The van der Waals surface area contributed by atoms with Crippen molar-refractivity contribution in [2.45, 2.75) is 69.2 Å². The molecule has 2 bridgehead atoms. The van der Waals surface area contributed by atoms with Gasteiger partial charge in [-0.05, 0) is 13.8 Å². The fraction of sp³-hybridized carbons (Fsp3) is 0.938. The van der Waals surface area contributed by atoms with Gasteiger partial charge >= 0.3 is 5.97 Å². The monoisotopic (exact) mass is 372 g/mol. The summed E-state index contributed by atoms with van der Waals surface area (Å²) in [6.45, 7) is 8.40. The lowest BCUT2D eigenvalue weighted by molar-refractivity contribution is -0.226. The van der Waals surface area contributed by atoms with Gasteiger partial charge in [0.05, 0.1) is 22.7 Å². The second-order valence-electron chi connectivity index (χ2n) is 8.64. The molecule has 5 fully saturated rings. The van der Waals surface area contributed by atoms with Crippen LogP contribution in [0, 0.1) is 16.7 Å². The molecule has 22 heavy (non-hydrogen) atoms. The van der Waals surface area contributed by atoms with E-state index in [1.54, 1.807) is 0 Å². The number of hydrogen-bond donors (Lipinski definition) is 1. The second kappa shape index (κ2) is 3.30. The van der Waals surface area contributed by atoms with Crippen LogP contribution in [0.15, 0.2) is 0 Å². The van der Waals surface area contributed by atoms with E-state index in [0.29, 0.717) is 11.8 Å². The van der Waals surface area contributed by atoms with Crippen LogP contribution in [0.1, 0.15) is 34.1 Å². The lowest BCUT2D eigenvalue weighted by Gasteiger charge is -2.56. The van der Waals surface area contributed by atoms with Gasteiger partial charge in [-0.25, -0.2) is 4.79 Å². The number of alkyl halides is 1. The number of fused-ring (bicyclic) bond motifs is 1. The molecule has 3 aliphatic heterocycles. The molecule has 5 rings (SSSR count). The number of carbonyl (C=O) groups is 1. The lowest BCUT2D eigenvalue weighted by Crippen LogP contribution is -2.68. The van der Waals surface area contributed by atoms with Crippen molar-refractivity contribution in [2.75, 3.05) is 5.33 Å². The molecule has 2 saturated carbocycles. The summed E-state index contributed by atoms with van der Waals surface area (Å²) < 4.78 is 18.2. The minimum Gasteiger partial charge on any atom is -0.457 e. The van der Waals surface area contributed by atoms with Crippen molar-refractivity contribution in [1.29, 1.82) is 0 Å². The number of hydrogen-bond acceptors (Lipinski definition) is 5. The number of carbonyl (C=O) groups excluding carboxylic acids is 1. The van der Waals surface area contributed by atoms with Gasteiger partial charge in [0.2, 0.25) is 5.60 Å². The van der Waals surface area contributed by atoms with Crippen molar-refractivity contribution in [1.82, 2.24) is 0 Å². The van der Waals surface area contributed by atoms with Gasteiger partial charge < -0.3 is 19.3 Å². The Balaban J connectivity index is 1.81. The molecular formula is C16H21BrO5. The zero-order valence-electron chi connectivity index (χ0n) is 13.2. The summed E-state index contributed by atoms with van der Waals surface area (Å²) in [6, 6.07) is 0. The molecule has 5 unspecified atom stereocenters. The van der Waals surface area contributed by atoms with E-state index < -0.39 is 34.4 Å². The van der Waals surface area contributed by atoms with Crippen LogP contribution in [0.4, 0.5) is 0 Å². The van der Waals surface area contributed by atoms with Crippen LogP contribution in [0.3, 0.4) is 0 Å². The first-order valence-electron chi connectivity index (χ1n) is 7.95. The zero-order valence-corrected chi connectivity index (χ0v) is 14.8. The molecule has 5 aliphatic rings. The normalized spacial score (nSPS) is 66.0. The third-order valence-electron chi connectivity index (χ3n) is 7.71. The number of aliphatic hydroxyl groups excluding tert-OH is 1. The average Bonchev–Trinajstić information content (AvgIpc) is 3.00. The second-order valence-corrected chi connectivity index (χ2v) is 9.20. The molecule has 122 valence electrons. The summed E-state index contributed by atoms with van der Waals surface area (Å²) in [6.07, 6.45) is -0.734. The van der Waals surface area contributed by atoms with Gasteiger partial charge in [-0.2, -0.15) is 0 Å². The third kappa shape index (κ3) is 0.954. The molecule has 8 atom stereocenters. The van der Waals surface area contributed by atoms with Crippen LogP contribution >= 0.6 is 15.9 Å². The number of ether oxygens (including phenoxy) is 3. The third-order valence-corrected chi connectivity index (χ3v) is 8.83. The number of halogens is 1. The highest BCUT2D eigenvalue weighted by Gasteiger charge is 2.97. The van der Waals surface area contributed by atoms with E-state index in [1.165, 1.54) is 0 Å². The highest BCUT2D eigenvalue weighted by atomic mass is 79.9. The van der Waals surface area contributed by atoms with Crippen molar-refractivity contribution in [3.05, 3.63) is 0 Å². The van der Waals surface area contributed by atoms with E-state index in [-0.39, 0.29) is 23.4 Å². The van der Waals surface area contributed by atoms with Crippen molar-refractivity contribution in [3.63, 3.8) is 0 Å². The summed E-state index contributed by atoms with van der Waals surface area (Å²) in [5, 5.41) is 11.8. The molecule has 5 nitrogen and oxygen atoms in total. The molecule has 0 aromatic rings. The van der Waals surface area contributed by atoms with Gasteiger partial charge in [-0.15, -0.1) is 0 Å². The minimum absolute atomic E-state index is 0.0992. The largest absolute Gasteiger partial charge is 0.457 e. The average molecular weight is 373 g/mol. The van der Waals surface area contributed by atoms with Gasteiger partial charge in [-0.1, -0.05) is 29.8 Å². The molecule has 2 spiro atoms. The summed E-state index contributed by atoms with van der Waals surface area (Å²) in [7, 11) is 0. The van der Waals surface area contributed by atoms with Gasteiger partial charge in [0.25, 0.3) is 0 Å². The SMILES string of the molecule is CC1(C)C2C(O)C3OC(=O)[C@@]45O[C@@H]4CC1(O[C@]2(C)CBr)C35C. The summed E-state index contributed by atoms with van der Waals surface area (Å²) >= 11 is 3.57. The Hall–Kier alpha value is -0.170. The highest BCUT2D eigenvalue weighted by Crippen LogP contribution is 2.82. The van der Waals surface area contributed by atoms with Crippen molar-refractivity contribution in [2.24, 2.45) is 16.7 Å². The van der Waals surface area contributed by atoms with E-state index in [0.717, 1.165) is 0 Å². The van der Waals surface area contributed by atoms with Crippen LogP contribution in [0.5, 0.6) is 0 Å². The van der Waals surface area contributed by atoms with Crippen LogP contribution in [0.2, 0.25) is 0 Å². The molecule has 0 aromatic heterocycles. The Morgan fingerprint density at radius 1 is 1.32 bits per heavy atom. The van der Waals surface area contributed by atoms with E-state index >= 15 is 0 Å². The molecule has 0 radical (unpaired) electrons. The van der Waals surface area contributed by atoms with E-state index in [2.05, 4.69) is 36.7 Å². The van der Waals surface area contributed by atoms with E-state index in [1.807, 2.05) is 6.92 Å². The number of aliphatic hydroxyl groups is 1. The first-order chi connectivity index (χ1) is 10.1. The minimum atomic E-state index is -0.904. The summed E-state index contributed by atoms with van der Waals surface area (Å²) in [4.78, 5) is 12.5. The van der Waals surface area contributed by atoms with Crippen LogP contribution < -0.4 is 0 Å². The smallest absolute Gasteiger partial charge is 0.342 e. The Morgan fingerprint density at radius 2 is 2.00 bits per heavy atom. The number of esters is 1. The van der Waals surface area contributed by atoms with Gasteiger partial charge in [0, 0.05) is 23.1 Å².